The third-order valence-electron chi connectivity index (χ3n) is 20.3. The number of piperazine rings is 1. The van der Waals surface area contributed by atoms with Crippen molar-refractivity contribution in [2.45, 2.75) is 72.0 Å². The maximum Gasteiger partial charge on any atom is 0.253 e. The summed E-state index contributed by atoms with van der Waals surface area (Å²) in [6, 6.07) is 77.5. The van der Waals surface area contributed by atoms with E-state index in [1.165, 1.54) is 38.3 Å². The number of carbonyl (C=O) groups excluding carboxylic acids is 4. The minimum absolute atomic E-state index is 0.0126. The van der Waals surface area contributed by atoms with Crippen LogP contribution < -0.4 is 16.0 Å². The van der Waals surface area contributed by atoms with Crippen LogP contribution >= 0.6 is 0 Å². The van der Waals surface area contributed by atoms with E-state index in [9.17, 15) is 19.2 Å². The van der Waals surface area contributed by atoms with Crippen LogP contribution in [0.5, 0.6) is 0 Å². The number of hydrogen-bond acceptors (Lipinski definition) is 11. The fourth-order valence-corrected chi connectivity index (χ4v) is 14.1. The number of Topliss-reactive ketones (excluding diaryl/α,β-unsaturated/α-hetero) is 2. The summed E-state index contributed by atoms with van der Waals surface area (Å²) < 4.78 is 9.02. The first-order valence-electron chi connectivity index (χ1n) is 39.4. The number of carbonyl (C=O) groups is 4. The second-order valence-electron chi connectivity index (χ2n) is 30.8. The number of amides is 2. The maximum atomic E-state index is 12.8. The molecule has 0 radical (unpaired) electrons. The van der Waals surface area contributed by atoms with Gasteiger partial charge in [0.2, 0.25) is 0 Å². The van der Waals surface area contributed by atoms with Gasteiger partial charge in [-0.25, -0.2) is 0 Å². The molecule has 3 N–H and O–H groups in total. The van der Waals surface area contributed by atoms with E-state index in [0.29, 0.717) is 24.3 Å². The van der Waals surface area contributed by atoms with Crippen molar-refractivity contribution < 1.29 is 19.2 Å². The number of ketones is 2. The standard InChI is InChI=1S/C27H29N3O.C24H31N3O.C22H28N4O.C22H25N3O/c1-29(2)16-6-17-30-18-15-23-20-25(13-14-26(23)30)28-24-11-9-22(10-12-24)27(31)19-21-7-4-3-5-8-21;1-18(2)16-24(28)19-6-8-21(9-7-19)25-22-10-11-23-20(17-22)12-15-27(23)14-5-13-26(3)4;1-24(2)13-5-14-26-15-12-18-16-20(10-11-21(18)26)23-19-8-6-17(7-9-19)22(27)25(3)4;1-23-11-10-19-17-20(7-8-21(19)23)22(26)25-15-13-24(14-16-25)12-9-18-5-3-2-4-6-18/h3-5,7-15,18,20,28H,6,16-17,19H2,1-2H3;6-12,15,17-18,25H,5,13-14,16H2,1-4H3;6-12,15-16,23H,5,13-14H2,1-4H3;2-8,10-11,17H,9,12-16H2,1H3. The van der Waals surface area contributed by atoms with Crippen LogP contribution in [-0.4, -0.2) is 180 Å². The van der Waals surface area contributed by atoms with Crippen LogP contribution in [0, 0.1) is 5.92 Å². The minimum Gasteiger partial charge on any atom is -0.356 e. The van der Waals surface area contributed by atoms with Crippen molar-refractivity contribution >= 4 is 101 Å². The van der Waals surface area contributed by atoms with Gasteiger partial charge in [0.15, 0.2) is 11.6 Å². The predicted molar refractivity (Wildman–Crippen MR) is 466 cm³/mol. The highest BCUT2D eigenvalue weighted by Gasteiger charge is 2.23. The third kappa shape index (κ3) is 23.6. The van der Waals surface area contributed by atoms with Gasteiger partial charge in [-0.1, -0.05) is 74.5 Å². The number of aromatic nitrogens is 4. The van der Waals surface area contributed by atoms with Crippen LogP contribution in [0.1, 0.15) is 92.1 Å². The Morgan fingerprint density at radius 3 is 1.17 bits per heavy atom. The highest BCUT2D eigenvalue weighted by atomic mass is 16.2. The largest absolute Gasteiger partial charge is 0.356 e. The first kappa shape index (κ1) is 81.6. The van der Waals surface area contributed by atoms with Gasteiger partial charge in [0.25, 0.3) is 11.8 Å². The summed E-state index contributed by atoms with van der Waals surface area (Å²) in [7, 11) is 18.2. The van der Waals surface area contributed by atoms with Gasteiger partial charge in [-0.15, -0.1) is 0 Å². The summed E-state index contributed by atoms with van der Waals surface area (Å²) in [4.78, 5) is 62.2. The van der Waals surface area contributed by atoms with Crippen LogP contribution in [0.25, 0.3) is 43.6 Å². The molecule has 4 aromatic heterocycles. The van der Waals surface area contributed by atoms with Gasteiger partial charge in [-0.2, -0.15) is 0 Å². The fourth-order valence-electron chi connectivity index (χ4n) is 14.1. The Kier molecular flexibility index (Phi) is 29.2. The van der Waals surface area contributed by atoms with Crippen molar-refractivity contribution in [1.29, 1.82) is 0 Å². The molecule has 17 heteroatoms. The fraction of sp³-hybridized carbons (Fsp3) is 0.305. The molecule has 582 valence electrons. The quantitative estimate of drug-likeness (QED) is 0.0386. The van der Waals surface area contributed by atoms with Crippen molar-refractivity contribution in [3.05, 3.63) is 289 Å². The molecule has 1 aliphatic rings. The molecule has 1 aliphatic heterocycles. The summed E-state index contributed by atoms with van der Waals surface area (Å²) in [5.41, 5.74) is 16.4. The SMILES string of the molecule is CC(C)CC(=O)c1ccc(Nc2ccc3c(ccn3CCCN(C)C)c2)cc1.CN(C)CCCn1ccc2cc(Nc3ccc(C(=O)Cc4ccccc4)cc3)ccc21.CN(C)CCCn1ccc2cc(Nc3ccc(C(=O)N(C)C)cc3)ccc21.Cn1ccc2cc(C(=O)N3CCN(CCc4ccccc4)CC3)ccc21. The summed E-state index contributed by atoms with van der Waals surface area (Å²) in [5.74, 6) is 0.887. The maximum absolute atomic E-state index is 12.8. The number of nitrogens with one attached hydrogen (secondary N) is 3. The molecule has 14 rings (SSSR count). The molecule has 112 heavy (non-hydrogen) atoms. The van der Waals surface area contributed by atoms with Gasteiger partial charge in [-0.05, 0) is 275 Å². The molecule has 9 aromatic carbocycles. The highest BCUT2D eigenvalue weighted by molar-refractivity contribution is 6.00. The van der Waals surface area contributed by atoms with Crippen LogP contribution in [0.4, 0.5) is 34.1 Å². The molecule has 0 saturated carbocycles. The lowest BCUT2D eigenvalue weighted by Gasteiger charge is -2.34. The molecule has 5 heterocycles. The molecule has 1 saturated heterocycles. The lowest BCUT2D eigenvalue weighted by molar-refractivity contribution is 0.0638. The molecule has 0 spiro atoms. The molecule has 0 unspecified atom stereocenters. The summed E-state index contributed by atoms with van der Waals surface area (Å²) in [6.07, 6.45) is 14.0. The normalized spacial score (nSPS) is 12.3. The van der Waals surface area contributed by atoms with E-state index in [0.717, 1.165) is 165 Å². The molecule has 0 atom stereocenters. The van der Waals surface area contributed by atoms with Gasteiger partial charge in [-0.3, -0.25) is 24.1 Å². The molecule has 13 aromatic rings. The average molecular weight is 1500 g/mol. The number of fused-ring (bicyclic) bond motifs is 4. The van der Waals surface area contributed by atoms with E-state index in [-0.39, 0.29) is 23.4 Å². The zero-order chi connectivity index (χ0) is 79.0. The lowest BCUT2D eigenvalue weighted by Crippen LogP contribution is -2.49. The second-order valence-corrected chi connectivity index (χ2v) is 30.8. The number of nitrogens with zero attached hydrogens (tertiary/aromatic N) is 10. The van der Waals surface area contributed by atoms with Crippen molar-refractivity contribution in [3.63, 3.8) is 0 Å². The topological polar surface area (TPSA) is 144 Å². The predicted octanol–water partition coefficient (Wildman–Crippen LogP) is 18.5. The monoisotopic (exact) mass is 1500 g/mol. The lowest BCUT2D eigenvalue weighted by atomic mass is 10.0. The number of rotatable bonds is 29. The average Bonchev–Trinajstić information content (AvgIpc) is 1.64. The van der Waals surface area contributed by atoms with Gasteiger partial charge >= 0.3 is 0 Å². The minimum atomic E-state index is 0.0126. The van der Waals surface area contributed by atoms with Gasteiger partial charge in [0.05, 0.1) is 0 Å². The highest BCUT2D eigenvalue weighted by Crippen LogP contribution is 2.29. The van der Waals surface area contributed by atoms with Crippen molar-refractivity contribution in [2.75, 3.05) is 125 Å². The number of hydrogen-bond donors (Lipinski definition) is 3. The van der Waals surface area contributed by atoms with Crippen LogP contribution in [0.15, 0.2) is 255 Å². The summed E-state index contributed by atoms with van der Waals surface area (Å²) >= 11 is 0. The first-order valence-corrected chi connectivity index (χ1v) is 39.4. The van der Waals surface area contributed by atoms with E-state index >= 15 is 0 Å². The smallest absolute Gasteiger partial charge is 0.253 e. The summed E-state index contributed by atoms with van der Waals surface area (Å²) in [5, 5.41) is 15.1. The Bertz CT molecular complexity index is 5160. The zero-order valence-electron chi connectivity index (χ0n) is 67.5. The molecule has 17 nitrogen and oxygen atoms in total. The van der Waals surface area contributed by atoms with Crippen molar-refractivity contribution in [2.24, 2.45) is 13.0 Å². The van der Waals surface area contributed by atoms with Gasteiger partial charge in [0.1, 0.15) is 0 Å². The van der Waals surface area contributed by atoms with Crippen molar-refractivity contribution in [1.82, 2.24) is 47.7 Å². The Labute approximate surface area is 662 Å². The van der Waals surface area contributed by atoms with E-state index in [2.05, 4.69) is 238 Å². The molecule has 1 fully saturated rings. The van der Waals surface area contributed by atoms with Crippen LogP contribution in [-0.2, 0) is 39.5 Å². The van der Waals surface area contributed by atoms with Gasteiger partial charge in [0, 0.05) is 211 Å². The van der Waals surface area contributed by atoms with E-state index < -0.39 is 0 Å². The van der Waals surface area contributed by atoms with E-state index in [1.54, 1.807) is 19.0 Å². The number of benzene rings is 9. The number of aryl methyl sites for hydroxylation is 4. The molecule has 0 aliphatic carbocycles. The van der Waals surface area contributed by atoms with Gasteiger partial charge < -0.3 is 58.7 Å². The second kappa shape index (κ2) is 40.0. The third-order valence-corrected chi connectivity index (χ3v) is 20.3. The molecular formula is C95H113N13O4. The Morgan fingerprint density at radius 2 is 0.750 bits per heavy atom. The first-order chi connectivity index (χ1) is 54.1. The van der Waals surface area contributed by atoms with E-state index in [4.69, 9.17) is 0 Å². The number of anilines is 6. The Balaban J connectivity index is 0.000000148. The molecule has 0 bridgehead atoms. The van der Waals surface area contributed by atoms with Crippen molar-refractivity contribution in [3.8, 4) is 0 Å². The Morgan fingerprint density at radius 1 is 0.375 bits per heavy atom. The zero-order valence-corrected chi connectivity index (χ0v) is 67.5. The van der Waals surface area contributed by atoms with Crippen LogP contribution in [0.2, 0.25) is 0 Å². The molecular weight excluding hydrogens is 1390 g/mol. The Hall–Kier alpha value is -11.3. The van der Waals surface area contributed by atoms with E-state index in [1.807, 2.05) is 139 Å². The summed E-state index contributed by atoms with van der Waals surface area (Å²) in [6.45, 7) is 15.0. The van der Waals surface area contributed by atoms with Crippen LogP contribution in [0.3, 0.4) is 0 Å². The molecule has 2 amide bonds.